The number of alkyl halides is 3. The lowest BCUT2D eigenvalue weighted by molar-refractivity contribution is -0.137. The predicted molar refractivity (Wildman–Crippen MR) is 116 cm³/mol. The predicted octanol–water partition coefficient (Wildman–Crippen LogP) is 5.85. The molecular weight excluding hydrogens is 401 g/mol. The van der Waals surface area contributed by atoms with E-state index in [0.29, 0.717) is 17.2 Å². The molecule has 2 aliphatic heterocycles. The van der Waals surface area contributed by atoms with Crippen LogP contribution < -0.4 is 0 Å². The molecule has 2 saturated heterocycles. The smallest absolute Gasteiger partial charge is 0.334 e. The number of hydrogen-bond acceptors (Lipinski definition) is 2. The molecule has 1 unspecified atom stereocenters. The van der Waals surface area contributed by atoms with Crippen LogP contribution in [0.4, 0.5) is 13.2 Å². The summed E-state index contributed by atoms with van der Waals surface area (Å²) >= 11 is 0. The summed E-state index contributed by atoms with van der Waals surface area (Å²) in [4.78, 5) is 17.7. The van der Waals surface area contributed by atoms with Gasteiger partial charge in [-0.15, -0.1) is 0 Å². The zero-order valence-corrected chi connectivity index (χ0v) is 17.9. The number of likely N-dealkylation sites (tertiary alicyclic amines) is 2. The van der Waals surface area contributed by atoms with E-state index in [-0.39, 0.29) is 11.9 Å². The summed E-state index contributed by atoms with van der Waals surface area (Å²) in [5, 5.41) is 0. The first-order valence-electron chi connectivity index (χ1n) is 11.2. The van der Waals surface area contributed by atoms with Gasteiger partial charge < -0.3 is 4.90 Å². The minimum atomic E-state index is -4.34. The third-order valence-electron chi connectivity index (χ3n) is 6.73. The van der Waals surface area contributed by atoms with Gasteiger partial charge in [-0.3, -0.25) is 9.69 Å². The average molecular weight is 431 g/mol. The van der Waals surface area contributed by atoms with Gasteiger partial charge in [0, 0.05) is 30.7 Å². The van der Waals surface area contributed by atoms with Crippen molar-refractivity contribution in [2.24, 2.45) is 0 Å². The molecule has 0 aliphatic carbocycles. The second kappa shape index (κ2) is 9.03. The van der Waals surface area contributed by atoms with E-state index >= 15 is 0 Å². The van der Waals surface area contributed by atoms with Crippen molar-refractivity contribution in [3.63, 3.8) is 0 Å². The van der Waals surface area contributed by atoms with E-state index in [4.69, 9.17) is 0 Å². The van der Waals surface area contributed by atoms with Crippen LogP contribution in [0, 0.1) is 0 Å². The number of nitrogens with zero attached hydrogens (tertiary/aromatic N) is 2. The van der Waals surface area contributed by atoms with Crippen LogP contribution in [0.15, 0.2) is 48.5 Å². The van der Waals surface area contributed by atoms with Crippen LogP contribution in [-0.4, -0.2) is 47.4 Å². The van der Waals surface area contributed by atoms with Gasteiger partial charge in [-0.2, -0.15) is 13.2 Å². The number of carbonyl (C=O) groups is 1. The number of rotatable bonds is 5. The van der Waals surface area contributed by atoms with Crippen molar-refractivity contribution in [2.45, 2.75) is 57.3 Å². The average Bonchev–Trinajstić information content (AvgIpc) is 3.42. The number of carbonyl (C=O) groups excluding carboxylic acids is 1. The quantitative estimate of drug-likeness (QED) is 0.594. The molecular formula is C25H29F3N2O. The summed E-state index contributed by atoms with van der Waals surface area (Å²) in [6, 6.07) is 13.2. The van der Waals surface area contributed by atoms with Crippen LogP contribution in [0.2, 0.25) is 0 Å². The number of halogens is 3. The second-order valence-electron chi connectivity index (χ2n) is 8.65. The molecule has 2 heterocycles. The highest BCUT2D eigenvalue weighted by Gasteiger charge is 2.33. The molecule has 0 saturated carbocycles. The Bertz CT molecular complexity index is 892. The van der Waals surface area contributed by atoms with Gasteiger partial charge in [0.1, 0.15) is 0 Å². The Morgan fingerprint density at radius 3 is 2.10 bits per heavy atom. The molecule has 4 rings (SSSR count). The molecule has 2 aromatic rings. The molecule has 2 fully saturated rings. The molecule has 6 heteroatoms. The zero-order valence-electron chi connectivity index (χ0n) is 17.9. The SMILES string of the molecule is CC[C@H]1CCCN1CC1CCCN1C(=O)c1ccc(-c2ccc(C(F)(F)F)cc2)cc1. The molecule has 0 aromatic heterocycles. The minimum absolute atomic E-state index is 0.0497. The fraction of sp³-hybridized carbons (Fsp3) is 0.480. The first-order valence-corrected chi connectivity index (χ1v) is 11.2. The van der Waals surface area contributed by atoms with E-state index < -0.39 is 11.7 Å². The molecule has 0 spiro atoms. The van der Waals surface area contributed by atoms with E-state index in [9.17, 15) is 18.0 Å². The Kier molecular flexibility index (Phi) is 6.37. The van der Waals surface area contributed by atoms with Crippen molar-refractivity contribution in [2.75, 3.05) is 19.6 Å². The van der Waals surface area contributed by atoms with Crippen LogP contribution in [0.25, 0.3) is 11.1 Å². The van der Waals surface area contributed by atoms with Crippen molar-refractivity contribution >= 4 is 5.91 Å². The maximum Gasteiger partial charge on any atom is 0.416 e. The summed E-state index contributed by atoms with van der Waals surface area (Å²) in [5.41, 5.74) is 1.47. The van der Waals surface area contributed by atoms with Gasteiger partial charge in [0.05, 0.1) is 5.56 Å². The molecule has 0 radical (unpaired) electrons. The standard InChI is InChI=1S/C25H29F3N2O/c1-2-22-5-3-15-29(22)17-23-6-4-16-30(23)24(31)20-9-7-18(8-10-20)19-11-13-21(14-12-19)25(26,27)28/h7-14,22-23H,2-6,15-17H2,1H3/t22-,23?/m0/s1. The van der Waals surface area contributed by atoms with E-state index in [1.807, 2.05) is 17.0 Å². The highest BCUT2D eigenvalue weighted by atomic mass is 19.4. The molecule has 2 aliphatic rings. The van der Waals surface area contributed by atoms with E-state index in [2.05, 4.69) is 11.8 Å². The van der Waals surface area contributed by atoms with Crippen LogP contribution in [0.5, 0.6) is 0 Å². The van der Waals surface area contributed by atoms with Crippen molar-refractivity contribution in [1.82, 2.24) is 9.80 Å². The molecule has 0 bridgehead atoms. The fourth-order valence-electron chi connectivity index (χ4n) is 4.98. The van der Waals surface area contributed by atoms with E-state index in [1.165, 1.54) is 25.0 Å². The largest absolute Gasteiger partial charge is 0.416 e. The number of hydrogen-bond donors (Lipinski definition) is 0. The fourth-order valence-corrected chi connectivity index (χ4v) is 4.98. The zero-order chi connectivity index (χ0) is 22.0. The van der Waals surface area contributed by atoms with Crippen molar-refractivity contribution in [3.8, 4) is 11.1 Å². The summed E-state index contributed by atoms with van der Waals surface area (Å²) in [6.45, 7) is 5.10. The summed E-state index contributed by atoms with van der Waals surface area (Å²) in [7, 11) is 0. The van der Waals surface area contributed by atoms with Crippen molar-refractivity contribution in [1.29, 1.82) is 0 Å². The summed E-state index contributed by atoms with van der Waals surface area (Å²) in [6.07, 6.45) is 1.39. The van der Waals surface area contributed by atoms with Crippen molar-refractivity contribution < 1.29 is 18.0 Å². The van der Waals surface area contributed by atoms with Crippen LogP contribution in [-0.2, 0) is 6.18 Å². The van der Waals surface area contributed by atoms with E-state index in [0.717, 1.165) is 56.6 Å². The maximum atomic E-state index is 13.2. The molecule has 2 aromatic carbocycles. The number of amides is 1. The molecule has 0 N–H and O–H groups in total. The molecule has 1 amide bonds. The third-order valence-corrected chi connectivity index (χ3v) is 6.73. The van der Waals surface area contributed by atoms with Gasteiger partial charge in [0.15, 0.2) is 0 Å². The lowest BCUT2D eigenvalue weighted by Gasteiger charge is -2.31. The van der Waals surface area contributed by atoms with Gasteiger partial charge in [0.25, 0.3) is 5.91 Å². The van der Waals surface area contributed by atoms with Crippen LogP contribution in [0.1, 0.15) is 54.9 Å². The minimum Gasteiger partial charge on any atom is -0.334 e. The topological polar surface area (TPSA) is 23.6 Å². The van der Waals surface area contributed by atoms with Crippen LogP contribution in [0.3, 0.4) is 0 Å². The van der Waals surface area contributed by atoms with Gasteiger partial charge in [-0.05, 0) is 74.0 Å². The Balaban J connectivity index is 1.44. The molecule has 31 heavy (non-hydrogen) atoms. The molecule has 2 atom stereocenters. The number of benzene rings is 2. The first kappa shape index (κ1) is 21.9. The maximum absolute atomic E-state index is 13.2. The Morgan fingerprint density at radius 1 is 0.903 bits per heavy atom. The normalized spacial score (nSPS) is 22.3. The Morgan fingerprint density at radius 2 is 1.48 bits per heavy atom. The third kappa shape index (κ3) is 4.79. The Labute approximate surface area is 181 Å². The second-order valence-corrected chi connectivity index (χ2v) is 8.65. The van der Waals surface area contributed by atoms with Gasteiger partial charge >= 0.3 is 6.18 Å². The highest BCUT2D eigenvalue weighted by Crippen LogP contribution is 2.31. The monoisotopic (exact) mass is 430 g/mol. The van der Waals surface area contributed by atoms with Crippen LogP contribution >= 0.6 is 0 Å². The summed E-state index contributed by atoms with van der Waals surface area (Å²) < 4.78 is 38.3. The van der Waals surface area contributed by atoms with Gasteiger partial charge in [0.2, 0.25) is 0 Å². The summed E-state index contributed by atoms with van der Waals surface area (Å²) in [5.74, 6) is 0.0497. The van der Waals surface area contributed by atoms with E-state index in [1.54, 1.807) is 12.1 Å². The molecule has 3 nitrogen and oxygen atoms in total. The first-order chi connectivity index (χ1) is 14.9. The Hall–Kier alpha value is -2.34. The highest BCUT2D eigenvalue weighted by molar-refractivity contribution is 5.95. The van der Waals surface area contributed by atoms with Gasteiger partial charge in [-0.1, -0.05) is 31.2 Å². The van der Waals surface area contributed by atoms with Crippen molar-refractivity contribution in [3.05, 3.63) is 59.7 Å². The lowest BCUT2D eigenvalue weighted by atomic mass is 10.0. The van der Waals surface area contributed by atoms with Gasteiger partial charge in [-0.25, -0.2) is 0 Å². The lowest BCUT2D eigenvalue weighted by Crippen LogP contribution is -2.44. The molecule has 166 valence electrons.